The van der Waals surface area contributed by atoms with Crippen molar-refractivity contribution < 1.29 is 9.53 Å². The molecule has 0 saturated heterocycles. The van der Waals surface area contributed by atoms with Gasteiger partial charge in [0.05, 0.1) is 25.3 Å². The molecule has 0 radical (unpaired) electrons. The van der Waals surface area contributed by atoms with Crippen molar-refractivity contribution in [3.8, 4) is 11.8 Å². The van der Waals surface area contributed by atoms with E-state index in [0.717, 1.165) is 23.7 Å². The number of hydrogen-bond donors (Lipinski definition) is 1. The van der Waals surface area contributed by atoms with Crippen LogP contribution in [0.25, 0.3) is 0 Å². The van der Waals surface area contributed by atoms with Gasteiger partial charge in [0.2, 0.25) is 5.91 Å². The molecule has 0 aliphatic heterocycles. The van der Waals surface area contributed by atoms with Crippen molar-refractivity contribution in [1.82, 2.24) is 0 Å². The number of carbonyl (C=O) groups excluding carboxylic acids is 1. The van der Waals surface area contributed by atoms with Gasteiger partial charge in [-0.2, -0.15) is 5.26 Å². The molecule has 0 spiro atoms. The number of hydrogen-bond acceptors (Lipinski definition) is 4. The van der Waals surface area contributed by atoms with Crippen LogP contribution in [0.5, 0.6) is 5.75 Å². The zero-order chi connectivity index (χ0) is 15.0. The molecule has 108 valence electrons. The highest BCUT2D eigenvalue weighted by molar-refractivity contribution is 5.91. The van der Waals surface area contributed by atoms with Crippen LogP contribution in [0.2, 0.25) is 0 Å². The first-order chi connectivity index (χ1) is 9.65. The first-order valence-corrected chi connectivity index (χ1v) is 6.76. The summed E-state index contributed by atoms with van der Waals surface area (Å²) < 4.78 is 5.36. The minimum atomic E-state index is -0.0267. The van der Waals surface area contributed by atoms with Crippen LogP contribution in [0.15, 0.2) is 18.2 Å². The third kappa shape index (κ3) is 4.16. The predicted octanol–water partition coefficient (Wildman–Crippen LogP) is 2.78. The number of rotatable bonds is 7. The van der Waals surface area contributed by atoms with E-state index in [9.17, 15) is 4.79 Å². The first-order valence-electron chi connectivity index (χ1n) is 6.76. The average molecular weight is 275 g/mol. The molecule has 1 aromatic carbocycles. The van der Waals surface area contributed by atoms with E-state index in [1.165, 1.54) is 0 Å². The van der Waals surface area contributed by atoms with Gasteiger partial charge in [0.1, 0.15) is 5.75 Å². The first kappa shape index (κ1) is 15.8. The second kappa shape index (κ2) is 8.05. The van der Waals surface area contributed by atoms with E-state index in [1.807, 2.05) is 32.0 Å². The Morgan fingerprint density at radius 1 is 1.45 bits per heavy atom. The fourth-order valence-corrected chi connectivity index (χ4v) is 1.90. The van der Waals surface area contributed by atoms with Gasteiger partial charge in [0, 0.05) is 25.2 Å². The molecule has 0 heterocycles. The minimum absolute atomic E-state index is 0.0267. The maximum atomic E-state index is 11.5. The van der Waals surface area contributed by atoms with Crippen LogP contribution in [0, 0.1) is 11.3 Å². The van der Waals surface area contributed by atoms with Crippen molar-refractivity contribution in [3.63, 3.8) is 0 Å². The van der Waals surface area contributed by atoms with Crippen molar-refractivity contribution in [2.24, 2.45) is 0 Å². The molecule has 0 aliphatic carbocycles. The molecule has 0 aliphatic rings. The third-order valence-corrected chi connectivity index (χ3v) is 3.00. The van der Waals surface area contributed by atoms with Gasteiger partial charge in [-0.25, -0.2) is 0 Å². The maximum Gasteiger partial charge on any atom is 0.224 e. The summed E-state index contributed by atoms with van der Waals surface area (Å²) in [6.07, 6.45) is 0.885. The molecule has 0 atom stereocenters. The smallest absolute Gasteiger partial charge is 0.224 e. The third-order valence-electron chi connectivity index (χ3n) is 3.00. The lowest BCUT2D eigenvalue weighted by atomic mass is 10.2. The molecule has 1 N–H and O–H groups in total. The van der Waals surface area contributed by atoms with Crippen LogP contribution >= 0.6 is 0 Å². The van der Waals surface area contributed by atoms with Crippen LogP contribution in [0.1, 0.15) is 26.7 Å². The lowest BCUT2D eigenvalue weighted by Crippen LogP contribution is -2.24. The normalized spacial score (nSPS) is 9.70. The predicted molar refractivity (Wildman–Crippen MR) is 80.0 cm³/mol. The number of anilines is 2. The Hall–Kier alpha value is -2.22. The zero-order valence-electron chi connectivity index (χ0n) is 12.3. The van der Waals surface area contributed by atoms with E-state index in [2.05, 4.69) is 16.3 Å². The Balaban J connectivity index is 3.03. The SMILES string of the molecule is CCC(=O)Nc1ccc(OC)c(N(CC)CCC#N)c1. The second-order valence-electron chi connectivity index (χ2n) is 4.28. The Morgan fingerprint density at radius 2 is 2.20 bits per heavy atom. The van der Waals surface area contributed by atoms with Gasteiger partial charge in [0.15, 0.2) is 0 Å². The average Bonchev–Trinajstić information content (AvgIpc) is 2.48. The molecule has 1 amide bonds. The van der Waals surface area contributed by atoms with Gasteiger partial charge in [0.25, 0.3) is 0 Å². The molecule has 0 aromatic heterocycles. The number of methoxy groups -OCH3 is 1. The van der Waals surface area contributed by atoms with Crippen molar-refractivity contribution in [2.75, 3.05) is 30.4 Å². The number of nitrogens with one attached hydrogen (secondary N) is 1. The lowest BCUT2D eigenvalue weighted by molar-refractivity contribution is -0.115. The maximum absolute atomic E-state index is 11.5. The van der Waals surface area contributed by atoms with E-state index < -0.39 is 0 Å². The number of carbonyl (C=O) groups is 1. The fourth-order valence-electron chi connectivity index (χ4n) is 1.90. The van der Waals surface area contributed by atoms with E-state index >= 15 is 0 Å². The van der Waals surface area contributed by atoms with E-state index in [-0.39, 0.29) is 5.91 Å². The quantitative estimate of drug-likeness (QED) is 0.831. The fraction of sp³-hybridized carbons (Fsp3) is 0.467. The topological polar surface area (TPSA) is 65.4 Å². The zero-order valence-corrected chi connectivity index (χ0v) is 12.3. The minimum Gasteiger partial charge on any atom is -0.495 e. The molecule has 0 unspecified atom stereocenters. The molecule has 5 heteroatoms. The Labute approximate surface area is 120 Å². The summed E-state index contributed by atoms with van der Waals surface area (Å²) in [5.41, 5.74) is 1.63. The van der Waals surface area contributed by atoms with Gasteiger partial charge in [-0.15, -0.1) is 0 Å². The largest absolute Gasteiger partial charge is 0.495 e. The van der Waals surface area contributed by atoms with Crippen LogP contribution in [0.4, 0.5) is 11.4 Å². The molecule has 20 heavy (non-hydrogen) atoms. The molecular formula is C15H21N3O2. The van der Waals surface area contributed by atoms with Crippen molar-refractivity contribution in [3.05, 3.63) is 18.2 Å². The number of benzene rings is 1. The highest BCUT2D eigenvalue weighted by atomic mass is 16.5. The van der Waals surface area contributed by atoms with Gasteiger partial charge in [-0.3, -0.25) is 4.79 Å². The monoisotopic (exact) mass is 275 g/mol. The highest BCUT2D eigenvalue weighted by Gasteiger charge is 2.12. The molecule has 0 bridgehead atoms. The van der Waals surface area contributed by atoms with Crippen LogP contribution in [0.3, 0.4) is 0 Å². The van der Waals surface area contributed by atoms with E-state index in [4.69, 9.17) is 10.00 Å². The van der Waals surface area contributed by atoms with Gasteiger partial charge in [-0.05, 0) is 25.1 Å². The van der Waals surface area contributed by atoms with Crippen molar-refractivity contribution in [1.29, 1.82) is 5.26 Å². The molecule has 1 aromatic rings. The molecular weight excluding hydrogens is 254 g/mol. The number of nitrogens with zero attached hydrogens (tertiary/aromatic N) is 2. The Morgan fingerprint density at radius 3 is 2.75 bits per heavy atom. The van der Waals surface area contributed by atoms with Gasteiger partial charge < -0.3 is 15.0 Å². The molecule has 0 saturated carbocycles. The summed E-state index contributed by atoms with van der Waals surface area (Å²) in [6, 6.07) is 7.67. The standard InChI is InChI=1S/C15H21N3O2/c1-4-15(19)17-12-7-8-14(20-3)13(11-12)18(5-2)10-6-9-16/h7-8,11H,4-6,10H2,1-3H3,(H,17,19). The van der Waals surface area contributed by atoms with Crippen LogP contribution < -0.4 is 15.0 Å². The van der Waals surface area contributed by atoms with Gasteiger partial charge in [-0.1, -0.05) is 6.92 Å². The summed E-state index contributed by atoms with van der Waals surface area (Å²) >= 11 is 0. The molecule has 0 fully saturated rings. The Kier molecular flexibility index (Phi) is 6.38. The molecule has 5 nitrogen and oxygen atoms in total. The van der Waals surface area contributed by atoms with Crippen molar-refractivity contribution in [2.45, 2.75) is 26.7 Å². The highest BCUT2D eigenvalue weighted by Crippen LogP contribution is 2.31. The van der Waals surface area contributed by atoms with E-state index in [1.54, 1.807) is 7.11 Å². The summed E-state index contributed by atoms with van der Waals surface area (Å²) in [6.45, 7) is 5.23. The number of amides is 1. The summed E-state index contributed by atoms with van der Waals surface area (Å²) in [5, 5.41) is 11.6. The summed E-state index contributed by atoms with van der Waals surface area (Å²) in [5.74, 6) is 0.709. The van der Waals surface area contributed by atoms with E-state index in [0.29, 0.717) is 19.4 Å². The van der Waals surface area contributed by atoms with Crippen molar-refractivity contribution >= 4 is 17.3 Å². The lowest BCUT2D eigenvalue weighted by Gasteiger charge is -2.24. The summed E-state index contributed by atoms with van der Waals surface area (Å²) in [4.78, 5) is 13.5. The van der Waals surface area contributed by atoms with Gasteiger partial charge >= 0.3 is 0 Å². The van der Waals surface area contributed by atoms with Crippen LogP contribution in [-0.2, 0) is 4.79 Å². The second-order valence-corrected chi connectivity index (χ2v) is 4.28. The van der Waals surface area contributed by atoms with Crippen LogP contribution in [-0.4, -0.2) is 26.1 Å². The number of nitriles is 1. The molecule has 1 rings (SSSR count). The Bertz CT molecular complexity index is 494. The number of ether oxygens (including phenoxy) is 1. The summed E-state index contributed by atoms with van der Waals surface area (Å²) in [7, 11) is 1.61.